The number of thiophene rings is 1. The van der Waals surface area contributed by atoms with E-state index >= 15 is 0 Å². The van der Waals surface area contributed by atoms with E-state index in [1.165, 1.54) is 7.11 Å². The Bertz CT molecular complexity index is 652. The van der Waals surface area contributed by atoms with Crippen LogP contribution in [0.4, 0.5) is 0 Å². The maximum Gasteiger partial charge on any atom is 0.307 e. The molecule has 0 aliphatic heterocycles. The van der Waals surface area contributed by atoms with E-state index in [0.717, 1.165) is 16.9 Å². The lowest BCUT2D eigenvalue weighted by molar-refractivity contribution is -0.141. The number of amides is 1. The maximum atomic E-state index is 12.2. The van der Waals surface area contributed by atoms with Crippen LogP contribution in [-0.4, -0.2) is 26.1 Å². The molecule has 0 saturated heterocycles. The predicted octanol–water partition coefficient (Wildman–Crippen LogP) is 3.11. The Morgan fingerprint density at radius 2 is 1.92 bits per heavy atom. The van der Waals surface area contributed by atoms with Crippen LogP contribution in [0.2, 0.25) is 0 Å². The number of ether oxygens (including phenoxy) is 2. The summed E-state index contributed by atoms with van der Waals surface area (Å²) in [6.07, 6.45) is 1.15. The van der Waals surface area contributed by atoms with Gasteiger partial charge in [-0.05, 0) is 46.5 Å². The number of nitrogens with one attached hydrogen (secondary N) is 1. The number of hydrogen-bond donors (Lipinski definition) is 1. The fourth-order valence-electron chi connectivity index (χ4n) is 2.30. The molecule has 2 aromatic rings. The summed E-state index contributed by atoms with van der Waals surface area (Å²) < 4.78 is 9.87. The summed E-state index contributed by atoms with van der Waals surface area (Å²) in [4.78, 5) is 23.9. The number of methoxy groups -OCH3 is 2. The van der Waals surface area contributed by atoms with E-state index in [-0.39, 0.29) is 18.3 Å². The topological polar surface area (TPSA) is 64.6 Å². The van der Waals surface area contributed by atoms with Crippen LogP contribution >= 0.6 is 11.3 Å². The van der Waals surface area contributed by atoms with Crippen molar-refractivity contribution in [3.8, 4) is 5.75 Å². The molecule has 0 spiro atoms. The van der Waals surface area contributed by atoms with Crippen LogP contribution in [0, 0.1) is 0 Å². The second-order valence-electron chi connectivity index (χ2n) is 5.31. The Morgan fingerprint density at radius 1 is 1.17 bits per heavy atom. The third-order valence-corrected chi connectivity index (χ3v) is 4.40. The Labute approximate surface area is 145 Å². The van der Waals surface area contributed by atoms with Crippen molar-refractivity contribution >= 4 is 23.2 Å². The highest BCUT2D eigenvalue weighted by molar-refractivity contribution is 7.07. The second-order valence-corrected chi connectivity index (χ2v) is 6.09. The van der Waals surface area contributed by atoms with Gasteiger partial charge in [0.2, 0.25) is 5.91 Å². The van der Waals surface area contributed by atoms with Crippen molar-refractivity contribution in [3.63, 3.8) is 0 Å². The quantitative estimate of drug-likeness (QED) is 0.745. The third-order valence-electron chi connectivity index (χ3n) is 3.67. The van der Waals surface area contributed by atoms with Crippen LogP contribution in [0.1, 0.15) is 30.0 Å². The summed E-state index contributed by atoms with van der Waals surface area (Å²) in [5, 5.41) is 6.94. The second kappa shape index (κ2) is 9.08. The van der Waals surface area contributed by atoms with Gasteiger partial charge in [0.05, 0.1) is 26.7 Å². The molecular weight excluding hydrogens is 326 g/mol. The molecule has 0 saturated carbocycles. The highest BCUT2D eigenvalue weighted by Crippen LogP contribution is 2.21. The first-order valence-electron chi connectivity index (χ1n) is 7.63. The number of esters is 1. The Morgan fingerprint density at radius 3 is 2.50 bits per heavy atom. The van der Waals surface area contributed by atoms with Gasteiger partial charge in [-0.25, -0.2) is 0 Å². The Kier molecular flexibility index (Phi) is 6.81. The van der Waals surface area contributed by atoms with E-state index in [0.29, 0.717) is 12.8 Å². The van der Waals surface area contributed by atoms with Crippen LogP contribution < -0.4 is 10.1 Å². The van der Waals surface area contributed by atoms with Crippen molar-refractivity contribution in [2.75, 3.05) is 14.2 Å². The van der Waals surface area contributed by atoms with Gasteiger partial charge in [0.15, 0.2) is 0 Å². The summed E-state index contributed by atoms with van der Waals surface area (Å²) >= 11 is 1.61. The van der Waals surface area contributed by atoms with E-state index in [1.54, 1.807) is 30.6 Å². The first kappa shape index (κ1) is 18.0. The first-order valence-corrected chi connectivity index (χ1v) is 8.58. The smallest absolute Gasteiger partial charge is 0.307 e. The van der Waals surface area contributed by atoms with Crippen molar-refractivity contribution in [2.24, 2.45) is 0 Å². The molecular formula is C18H21NO4S. The van der Waals surface area contributed by atoms with Gasteiger partial charge in [-0.15, -0.1) is 0 Å². The van der Waals surface area contributed by atoms with Crippen molar-refractivity contribution < 1.29 is 19.1 Å². The third kappa shape index (κ3) is 5.38. The molecule has 0 aliphatic rings. The average molecular weight is 347 g/mol. The Hall–Kier alpha value is -2.34. The molecule has 1 amide bonds. The van der Waals surface area contributed by atoms with E-state index < -0.39 is 6.04 Å². The number of benzene rings is 1. The maximum absolute atomic E-state index is 12.2. The molecule has 1 N–H and O–H groups in total. The first-order chi connectivity index (χ1) is 11.6. The summed E-state index contributed by atoms with van der Waals surface area (Å²) in [5.41, 5.74) is 1.98. The van der Waals surface area contributed by atoms with Crippen molar-refractivity contribution in [1.82, 2.24) is 5.32 Å². The monoisotopic (exact) mass is 347 g/mol. The average Bonchev–Trinajstić information content (AvgIpc) is 3.13. The van der Waals surface area contributed by atoms with E-state index in [2.05, 4.69) is 5.32 Å². The minimum absolute atomic E-state index is 0.0903. The lowest BCUT2D eigenvalue weighted by Gasteiger charge is -2.18. The molecule has 0 radical (unpaired) electrons. The molecule has 1 aromatic heterocycles. The molecule has 5 nitrogen and oxygen atoms in total. The van der Waals surface area contributed by atoms with E-state index in [4.69, 9.17) is 9.47 Å². The fourth-order valence-corrected chi connectivity index (χ4v) is 3.00. The van der Waals surface area contributed by atoms with Crippen molar-refractivity contribution in [1.29, 1.82) is 0 Å². The number of carbonyl (C=O) groups is 2. The van der Waals surface area contributed by atoms with Crippen molar-refractivity contribution in [3.05, 3.63) is 52.2 Å². The molecule has 6 heteroatoms. The van der Waals surface area contributed by atoms with E-state index in [1.807, 2.05) is 29.0 Å². The summed E-state index contributed by atoms with van der Waals surface area (Å²) in [5.74, 6) is 0.263. The minimum atomic E-state index is -0.418. The molecule has 1 aromatic carbocycles. The minimum Gasteiger partial charge on any atom is -0.497 e. The van der Waals surface area contributed by atoms with Crippen LogP contribution in [0.25, 0.3) is 0 Å². The van der Waals surface area contributed by atoms with Gasteiger partial charge in [0.1, 0.15) is 5.75 Å². The SMILES string of the molecule is COC(=O)CC(NC(=O)CCc1ccsc1)c1ccc(OC)cc1. The molecule has 1 unspecified atom stereocenters. The van der Waals surface area contributed by atoms with Gasteiger partial charge in [-0.3, -0.25) is 9.59 Å². The summed E-state index contributed by atoms with van der Waals surface area (Å²) in [7, 11) is 2.93. The molecule has 2 rings (SSSR count). The number of carbonyl (C=O) groups excluding carboxylic acids is 2. The van der Waals surface area contributed by atoms with Gasteiger partial charge < -0.3 is 14.8 Å². The highest BCUT2D eigenvalue weighted by Gasteiger charge is 2.19. The van der Waals surface area contributed by atoms with Crippen LogP contribution in [0.5, 0.6) is 5.75 Å². The number of rotatable bonds is 8. The lowest BCUT2D eigenvalue weighted by atomic mass is 10.0. The normalized spacial score (nSPS) is 11.6. The van der Waals surface area contributed by atoms with Gasteiger partial charge in [0.25, 0.3) is 0 Å². The molecule has 1 atom stereocenters. The molecule has 0 aliphatic carbocycles. The van der Waals surface area contributed by atoms with Crippen LogP contribution in [-0.2, 0) is 20.7 Å². The van der Waals surface area contributed by atoms with Gasteiger partial charge in [0, 0.05) is 6.42 Å². The fraction of sp³-hybridized carbons (Fsp3) is 0.333. The van der Waals surface area contributed by atoms with Gasteiger partial charge in [-0.2, -0.15) is 11.3 Å². The highest BCUT2D eigenvalue weighted by atomic mass is 32.1. The predicted molar refractivity (Wildman–Crippen MR) is 93.2 cm³/mol. The standard InChI is InChI=1S/C18H21NO4S/c1-22-15-6-4-14(5-7-15)16(11-18(21)23-2)19-17(20)8-3-13-9-10-24-12-13/h4-7,9-10,12,16H,3,8,11H2,1-2H3,(H,19,20). The Balaban J connectivity index is 2.01. The summed E-state index contributed by atoms with van der Waals surface area (Å²) in [6, 6.07) is 8.87. The number of aryl methyl sites for hydroxylation is 1. The van der Waals surface area contributed by atoms with Crippen LogP contribution in [0.15, 0.2) is 41.1 Å². The lowest BCUT2D eigenvalue weighted by Crippen LogP contribution is -2.30. The molecule has 24 heavy (non-hydrogen) atoms. The number of hydrogen-bond acceptors (Lipinski definition) is 5. The van der Waals surface area contributed by atoms with Gasteiger partial charge in [-0.1, -0.05) is 12.1 Å². The zero-order valence-corrected chi connectivity index (χ0v) is 14.6. The molecule has 0 bridgehead atoms. The molecule has 1 heterocycles. The van der Waals surface area contributed by atoms with E-state index in [9.17, 15) is 9.59 Å². The largest absolute Gasteiger partial charge is 0.497 e. The van der Waals surface area contributed by atoms with Crippen molar-refractivity contribution in [2.45, 2.75) is 25.3 Å². The summed E-state index contributed by atoms with van der Waals surface area (Å²) in [6.45, 7) is 0. The molecule has 128 valence electrons. The zero-order valence-electron chi connectivity index (χ0n) is 13.8. The zero-order chi connectivity index (χ0) is 17.4. The van der Waals surface area contributed by atoms with Crippen LogP contribution in [0.3, 0.4) is 0 Å². The van der Waals surface area contributed by atoms with Gasteiger partial charge >= 0.3 is 5.97 Å². The molecule has 0 fully saturated rings.